The summed E-state index contributed by atoms with van der Waals surface area (Å²) in [5.41, 5.74) is 6.29. The zero-order valence-electron chi connectivity index (χ0n) is 14.7. The van der Waals surface area contributed by atoms with E-state index in [0.717, 1.165) is 38.8 Å². The average Bonchev–Trinajstić information content (AvgIpc) is 3.09. The summed E-state index contributed by atoms with van der Waals surface area (Å²) in [4.78, 5) is 23.3. The van der Waals surface area contributed by atoms with E-state index in [-0.39, 0.29) is 35.0 Å². The smallest absolute Gasteiger partial charge is 0.276 e. The van der Waals surface area contributed by atoms with Crippen LogP contribution >= 0.6 is 0 Å². The Morgan fingerprint density at radius 2 is 2.04 bits per heavy atom. The summed E-state index contributed by atoms with van der Waals surface area (Å²) < 4.78 is 5.99. The van der Waals surface area contributed by atoms with Crippen LogP contribution < -0.4 is 5.73 Å². The molecular weight excluding hydrogens is 304 g/mol. The zero-order valence-corrected chi connectivity index (χ0v) is 14.7. The number of aromatic nitrogens is 2. The van der Waals surface area contributed by atoms with Crippen LogP contribution in [0, 0.1) is 5.41 Å². The third-order valence-electron chi connectivity index (χ3n) is 5.68. The van der Waals surface area contributed by atoms with Crippen molar-refractivity contribution in [2.75, 3.05) is 18.9 Å². The number of hydrogen-bond donors (Lipinski definition) is 1. The summed E-state index contributed by atoms with van der Waals surface area (Å²) in [5, 5.41) is 0. The van der Waals surface area contributed by atoms with Gasteiger partial charge in [0.15, 0.2) is 11.5 Å². The van der Waals surface area contributed by atoms with E-state index in [1.54, 1.807) is 0 Å². The summed E-state index contributed by atoms with van der Waals surface area (Å²) in [6.45, 7) is 5.60. The average molecular weight is 332 g/mol. The minimum atomic E-state index is -0.0892. The van der Waals surface area contributed by atoms with Crippen LogP contribution in [0.25, 0.3) is 0 Å². The van der Waals surface area contributed by atoms with Crippen LogP contribution in [0.2, 0.25) is 0 Å². The second-order valence-electron chi connectivity index (χ2n) is 6.92. The lowest BCUT2D eigenvalue weighted by Gasteiger charge is -2.57. The number of rotatable bonds is 6. The molecule has 6 heteroatoms. The summed E-state index contributed by atoms with van der Waals surface area (Å²) >= 11 is 0. The van der Waals surface area contributed by atoms with Gasteiger partial charge in [-0.1, -0.05) is 19.8 Å². The van der Waals surface area contributed by atoms with E-state index < -0.39 is 0 Å². The number of carbonyl (C=O) groups excluding carboxylic acids is 1. The molecule has 0 radical (unpaired) electrons. The largest absolute Gasteiger partial charge is 0.382 e. The molecule has 2 aliphatic rings. The number of hydrogen-bond acceptors (Lipinski definition) is 5. The normalized spacial score (nSPS) is 24.8. The molecule has 2 atom stereocenters. The highest BCUT2D eigenvalue weighted by Gasteiger charge is 2.59. The summed E-state index contributed by atoms with van der Waals surface area (Å²) in [6.07, 6.45) is 9.89. The van der Waals surface area contributed by atoms with Gasteiger partial charge >= 0.3 is 0 Å². The van der Waals surface area contributed by atoms with Crippen LogP contribution in [0.4, 0.5) is 5.82 Å². The molecule has 1 amide bonds. The highest BCUT2D eigenvalue weighted by atomic mass is 16.5. The molecular formula is C18H28N4O2. The van der Waals surface area contributed by atoms with Crippen molar-refractivity contribution < 1.29 is 9.53 Å². The summed E-state index contributed by atoms with van der Waals surface area (Å²) in [7, 11) is 0. The van der Waals surface area contributed by atoms with Crippen molar-refractivity contribution in [1.82, 2.24) is 14.9 Å². The van der Waals surface area contributed by atoms with Crippen LogP contribution in [0.3, 0.4) is 0 Å². The van der Waals surface area contributed by atoms with E-state index in [2.05, 4.69) is 16.9 Å². The Morgan fingerprint density at radius 3 is 2.67 bits per heavy atom. The second-order valence-corrected chi connectivity index (χ2v) is 6.92. The van der Waals surface area contributed by atoms with E-state index >= 15 is 0 Å². The number of nitrogens with two attached hydrogens (primary N) is 1. The number of nitrogens with zero attached hydrogens (tertiary/aromatic N) is 3. The van der Waals surface area contributed by atoms with Crippen molar-refractivity contribution >= 4 is 11.7 Å². The molecule has 132 valence electrons. The molecule has 0 saturated heterocycles. The molecule has 2 aliphatic carbocycles. The van der Waals surface area contributed by atoms with Gasteiger partial charge in [-0.2, -0.15) is 0 Å². The fourth-order valence-electron chi connectivity index (χ4n) is 4.58. The van der Waals surface area contributed by atoms with Gasteiger partial charge < -0.3 is 15.4 Å². The summed E-state index contributed by atoms with van der Waals surface area (Å²) in [6, 6.07) is 0.227. The predicted molar refractivity (Wildman–Crippen MR) is 92.5 cm³/mol. The third kappa shape index (κ3) is 2.77. The monoisotopic (exact) mass is 332 g/mol. The van der Waals surface area contributed by atoms with E-state index in [1.165, 1.54) is 25.2 Å². The number of anilines is 1. The number of carbonyl (C=O) groups is 1. The fraction of sp³-hybridized carbons (Fsp3) is 0.722. The minimum Gasteiger partial charge on any atom is -0.382 e. The first-order valence-electron chi connectivity index (χ1n) is 9.13. The fourth-order valence-corrected chi connectivity index (χ4v) is 4.58. The number of ether oxygens (including phenoxy) is 1. The molecule has 6 nitrogen and oxygen atoms in total. The van der Waals surface area contributed by atoms with Gasteiger partial charge in [-0.3, -0.25) is 4.79 Å². The van der Waals surface area contributed by atoms with Crippen LogP contribution in [-0.2, 0) is 4.74 Å². The van der Waals surface area contributed by atoms with Crippen LogP contribution in [-0.4, -0.2) is 46.1 Å². The molecule has 1 spiro atoms. The molecule has 2 N–H and O–H groups in total. The first kappa shape index (κ1) is 17.1. The van der Waals surface area contributed by atoms with Crippen molar-refractivity contribution in [3.63, 3.8) is 0 Å². The zero-order chi connectivity index (χ0) is 17.2. The predicted octanol–water partition coefficient (Wildman–Crippen LogP) is 2.65. The molecule has 1 aromatic rings. The maximum absolute atomic E-state index is 13.1. The van der Waals surface area contributed by atoms with Gasteiger partial charge in [-0.15, -0.1) is 0 Å². The Hall–Kier alpha value is -1.69. The maximum Gasteiger partial charge on any atom is 0.276 e. The van der Waals surface area contributed by atoms with E-state index in [4.69, 9.17) is 10.5 Å². The SMILES string of the molecule is CCCN(C(=O)c1nccnc1N)[C@@H]1C[C@@H](OCC)C12CCCC2. The second kappa shape index (κ2) is 7.05. The minimum absolute atomic E-state index is 0.0892. The van der Waals surface area contributed by atoms with Gasteiger partial charge in [0.25, 0.3) is 5.91 Å². The lowest BCUT2D eigenvalue weighted by molar-refractivity contribution is -0.156. The molecule has 1 heterocycles. The van der Waals surface area contributed by atoms with Crippen molar-refractivity contribution in [2.24, 2.45) is 5.41 Å². The molecule has 24 heavy (non-hydrogen) atoms. The lowest BCUT2D eigenvalue weighted by Crippen LogP contribution is -2.65. The quantitative estimate of drug-likeness (QED) is 0.866. The Kier molecular flexibility index (Phi) is 5.04. The molecule has 0 aliphatic heterocycles. The van der Waals surface area contributed by atoms with E-state index in [9.17, 15) is 4.79 Å². The highest BCUT2D eigenvalue weighted by molar-refractivity contribution is 5.96. The van der Waals surface area contributed by atoms with Crippen LogP contribution in [0.5, 0.6) is 0 Å². The molecule has 0 bridgehead atoms. The van der Waals surface area contributed by atoms with Crippen molar-refractivity contribution in [3.8, 4) is 0 Å². The lowest BCUT2D eigenvalue weighted by atomic mass is 9.59. The van der Waals surface area contributed by atoms with E-state index in [1.807, 2.05) is 11.8 Å². The molecule has 3 rings (SSSR count). The Bertz CT molecular complexity index is 586. The first-order chi connectivity index (χ1) is 11.6. The molecule has 2 fully saturated rings. The Balaban J connectivity index is 1.86. The Morgan fingerprint density at radius 1 is 1.33 bits per heavy atom. The first-order valence-corrected chi connectivity index (χ1v) is 9.13. The topological polar surface area (TPSA) is 81.3 Å². The highest BCUT2D eigenvalue weighted by Crippen LogP contribution is 2.56. The number of nitrogen functional groups attached to an aromatic ring is 1. The van der Waals surface area contributed by atoms with Crippen molar-refractivity contribution in [2.45, 2.75) is 64.5 Å². The molecule has 1 aromatic heterocycles. The molecule has 2 saturated carbocycles. The van der Waals surface area contributed by atoms with Gasteiger partial charge in [0.05, 0.1) is 6.10 Å². The van der Waals surface area contributed by atoms with Gasteiger partial charge in [0.2, 0.25) is 0 Å². The standard InChI is InChI=1S/C18H28N4O2/c1-3-11-22(17(23)15-16(19)21-10-9-20-15)13-12-14(24-4-2)18(13)7-5-6-8-18/h9-10,13-14H,3-8,11-12H2,1-2H3,(H2,19,21)/t13-,14-/m1/s1. The molecule has 0 unspecified atom stereocenters. The van der Waals surface area contributed by atoms with Gasteiger partial charge in [-0.25, -0.2) is 9.97 Å². The van der Waals surface area contributed by atoms with E-state index in [0.29, 0.717) is 0 Å². The maximum atomic E-state index is 13.1. The summed E-state index contributed by atoms with van der Waals surface area (Å²) in [5.74, 6) is 0.124. The van der Waals surface area contributed by atoms with Gasteiger partial charge in [-0.05, 0) is 32.6 Å². The number of amides is 1. The van der Waals surface area contributed by atoms with Crippen molar-refractivity contribution in [3.05, 3.63) is 18.1 Å². The third-order valence-corrected chi connectivity index (χ3v) is 5.68. The molecule has 0 aromatic carbocycles. The van der Waals surface area contributed by atoms with Crippen molar-refractivity contribution in [1.29, 1.82) is 0 Å². The van der Waals surface area contributed by atoms with Gasteiger partial charge in [0, 0.05) is 37.0 Å². The Labute approximate surface area is 143 Å². The van der Waals surface area contributed by atoms with Crippen LogP contribution in [0.15, 0.2) is 12.4 Å². The van der Waals surface area contributed by atoms with Crippen LogP contribution in [0.1, 0.15) is 62.9 Å². The van der Waals surface area contributed by atoms with Gasteiger partial charge in [0.1, 0.15) is 0 Å².